The summed E-state index contributed by atoms with van der Waals surface area (Å²) >= 11 is 5.36. The molecule has 0 aliphatic rings. The van der Waals surface area contributed by atoms with Gasteiger partial charge in [0.2, 0.25) is 5.15 Å². The minimum Gasteiger partial charge on any atom is -0.477 e. The molecule has 0 saturated carbocycles. The van der Waals surface area contributed by atoms with E-state index in [1.807, 2.05) is 0 Å². The van der Waals surface area contributed by atoms with Gasteiger partial charge >= 0.3 is 11.8 Å². The van der Waals surface area contributed by atoms with Crippen LogP contribution in [-0.4, -0.2) is 21.0 Å². The third-order valence-corrected chi connectivity index (χ3v) is 1.45. The highest BCUT2D eigenvalue weighted by atomic mass is 35.5. The molecular weight excluding hydrogens is 200 g/mol. The van der Waals surface area contributed by atoms with Crippen LogP contribution >= 0.6 is 11.6 Å². The first-order valence-electron chi connectivity index (χ1n) is 3.06. The van der Waals surface area contributed by atoms with Crippen molar-refractivity contribution in [1.82, 2.24) is 4.98 Å². The second-order valence-electron chi connectivity index (χ2n) is 2.07. The predicted molar refractivity (Wildman–Crippen MR) is 42.9 cm³/mol. The predicted octanol–water partition coefficient (Wildman–Crippen LogP) is 1.34. The lowest BCUT2D eigenvalue weighted by Gasteiger charge is -1.96. The van der Waals surface area contributed by atoms with Gasteiger partial charge in [-0.15, -0.1) is 0 Å². The fourth-order valence-corrected chi connectivity index (χ4v) is 0.874. The minimum atomic E-state index is -1.41. The van der Waals surface area contributed by atoms with Gasteiger partial charge in [0.15, 0.2) is 5.56 Å². The van der Waals surface area contributed by atoms with Crippen molar-refractivity contribution in [3.8, 4) is 0 Å². The second-order valence-corrected chi connectivity index (χ2v) is 2.45. The molecule has 1 aromatic rings. The topological polar surface area (TPSA) is 93.3 Å². The number of nitrogens with zero attached hydrogens (tertiary/aromatic N) is 2. The van der Waals surface area contributed by atoms with E-state index < -0.39 is 22.3 Å². The number of carboxylic acid groups (broad SMARTS) is 1. The monoisotopic (exact) mass is 202 g/mol. The number of hydrogen-bond donors (Lipinski definition) is 1. The summed E-state index contributed by atoms with van der Waals surface area (Å²) in [7, 11) is 0. The van der Waals surface area contributed by atoms with Gasteiger partial charge in [-0.3, -0.25) is 0 Å². The van der Waals surface area contributed by atoms with Crippen LogP contribution in [0.3, 0.4) is 0 Å². The molecule has 0 spiro atoms. The average molecular weight is 203 g/mol. The molecule has 0 atom stereocenters. The smallest absolute Gasteiger partial charge is 0.379 e. The number of halogens is 1. The van der Waals surface area contributed by atoms with Crippen molar-refractivity contribution in [2.75, 3.05) is 0 Å². The first kappa shape index (κ1) is 9.40. The van der Waals surface area contributed by atoms with Crippen LogP contribution in [0.5, 0.6) is 0 Å². The molecule has 1 rings (SSSR count). The zero-order valence-corrected chi connectivity index (χ0v) is 6.85. The van der Waals surface area contributed by atoms with E-state index in [1.54, 1.807) is 0 Å². The van der Waals surface area contributed by atoms with Crippen molar-refractivity contribution in [2.45, 2.75) is 0 Å². The second kappa shape index (κ2) is 3.36. The minimum absolute atomic E-state index is 0.114. The maximum Gasteiger partial charge on any atom is 0.379 e. The standard InChI is InChI=1S/C6H3ClN2O4/c7-4-2-1-3(6(10)11)5(8-4)9(12)13/h1-2H,(H,10,11). The zero-order chi connectivity index (χ0) is 10.0. The number of carboxylic acids is 1. The lowest BCUT2D eigenvalue weighted by atomic mass is 10.2. The number of pyridine rings is 1. The molecule has 0 amide bonds. The van der Waals surface area contributed by atoms with E-state index in [9.17, 15) is 14.9 Å². The molecule has 0 saturated heterocycles. The van der Waals surface area contributed by atoms with Gasteiger partial charge in [-0.2, -0.15) is 0 Å². The van der Waals surface area contributed by atoms with Crippen molar-refractivity contribution < 1.29 is 14.8 Å². The Morgan fingerprint density at radius 3 is 2.69 bits per heavy atom. The van der Waals surface area contributed by atoms with E-state index in [1.165, 1.54) is 6.07 Å². The normalized spacial score (nSPS) is 9.62. The molecule has 1 aromatic heterocycles. The summed E-state index contributed by atoms with van der Waals surface area (Å²) in [6, 6.07) is 2.22. The Bertz CT molecular complexity index is 379. The third-order valence-electron chi connectivity index (χ3n) is 1.24. The number of rotatable bonds is 2. The summed E-state index contributed by atoms with van der Waals surface area (Å²) in [6.45, 7) is 0. The molecule has 7 heteroatoms. The van der Waals surface area contributed by atoms with Gasteiger partial charge in [0.1, 0.15) is 0 Å². The van der Waals surface area contributed by atoms with Crippen molar-refractivity contribution in [3.63, 3.8) is 0 Å². The van der Waals surface area contributed by atoms with Crippen LogP contribution < -0.4 is 0 Å². The van der Waals surface area contributed by atoms with E-state index in [-0.39, 0.29) is 5.15 Å². The van der Waals surface area contributed by atoms with Crippen LogP contribution in [0.15, 0.2) is 12.1 Å². The molecule has 0 bridgehead atoms. The highest BCUT2D eigenvalue weighted by molar-refractivity contribution is 6.29. The highest BCUT2D eigenvalue weighted by Crippen LogP contribution is 2.18. The third kappa shape index (κ3) is 1.91. The molecule has 0 radical (unpaired) electrons. The lowest BCUT2D eigenvalue weighted by Crippen LogP contribution is -2.04. The fraction of sp³-hybridized carbons (Fsp3) is 0. The molecule has 6 nitrogen and oxygen atoms in total. The van der Waals surface area contributed by atoms with Crippen molar-refractivity contribution in [3.05, 3.63) is 33.0 Å². The molecule has 0 aliphatic carbocycles. The first-order chi connectivity index (χ1) is 6.02. The van der Waals surface area contributed by atoms with Gasteiger partial charge in [-0.05, 0) is 27.6 Å². The fourth-order valence-electron chi connectivity index (χ4n) is 0.731. The number of carbonyl (C=O) groups is 1. The summed E-state index contributed by atoms with van der Waals surface area (Å²) < 4.78 is 0. The Kier molecular flexibility index (Phi) is 2.43. The van der Waals surface area contributed by atoms with Crippen LogP contribution in [0.2, 0.25) is 5.15 Å². The summed E-state index contributed by atoms with van der Waals surface area (Å²) in [5, 5.41) is 18.7. The largest absolute Gasteiger partial charge is 0.477 e. The molecule has 0 aromatic carbocycles. The van der Waals surface area contributed by atoms with E-state index >= 15 is 0 Å². The molecule has 0 unspecified atom stereocenters. The van der Waals surface area contributed by atoms with Crippen LogP contribution in [0.1, 0.15) is 10.4 Å². The number of aromatic nitrogens is 1. The van der Waals surface area contributed by atoms with Gasteiger partial charge in [-0.1, -0.05) is 0 Å². The summed E-state index contributed by atoms with van der Waals surface area (Å²) in [4.78, 5) is 23.1. The van der Waals surface area contributed by atoms with E-state index in [2.05, 4.69) is 4.98 Å². The first-order valence-corrected chi connectivity index (χ1v) is 3.44. The number of hydrogen-bond acceptors (Lipinski definition) is 4. The number of nitro groups is 1. The number of aromatic carboxylic acids is 1. The van der Waals surface area contributed by atoms with Crippen LogP contribution in [0.25, 0.3) is 0 Å². The summed E-state index contributed by atoms with van der Waals surface area (Å²) in [5.74, 6) is -2.16. The van der Waals surface area contributed by atoms with Gasteiger partial charge < -0.3 is 15.2 Å². The summed E-state index contributed by atoms with van der Waals surface area (Å²) in [5.41, 5.74) is -0.477. The van der Waals surface area contributed by atoms with Gasteiger partial charge in [0.25, 0.3) is 0 Å². The van der Waals surface area contributed by atoms with Gasteiger partial charge in [0.05, 0.1) is 0 Å². The summed E-state index contributed by atoms with van der Waals surface area (Å²) in [6.07, 6.45) is 0. The van der Waals surface area contributed by atoms with Crippen molar-refractivity contribution in [2.24, 2.45) is 0 Å². The molecule has 0 fully saturated rings. The Morgan fingerprint density at radius 2 is 2.23 bits per heavy atom. The highest BCUT2D eigenvalue weighted by Gasteiger charge is 2.21. The van der Waals surface area contributed by atoms with Crippen molar-refractivity contribution in [1.29, 1.82) is 0 Å². The van der Waals surface area contributed by atoms with Crippen molar-refractivity contribution >= 4 is 23.4 Å². The Labute approximate surface area is 76.9 Å². The molecular formula is C6H3ClN2O4. The van der Waals surface area contributed by atoms with Crippen LogP contribution in [0.4, 0.5) is 5.82 Å². The van der Waals surface area contributed by atoms with Crippen LogP contribution in [-0.2, 0) is 0 Å². The SMILES string of the molecule is O=C(O)c1ccc(Cl)nc1[N+](=O)[O-]. The van der Waals surface area contributed by atoms with Gasteiger partial charge in [0, 0.05) is 6.07 Å². The van der Waals surface area contributed by atoms with Crippen LogP contribution in [0, 0.1) is 10.1 Å². The maximum absolute atomic E-state index is 10.4. The Hall–Kier alpha value is -1.69. The molecule has 1 N–H and O–H groups in total. The van der Waals surface area contributed by atoms with E-state index in [4.69, 9.17) is 16.7 Å². The molecule has 13 heavy (non-hydrogen) atoms. The van der Waals surface area contributed by atoms with E-state index in [0.29, 0.717) is 0 Å². The Morgan fingerprint density at radius 1 is 1.62 bits per heavy atom. The maximum atomic E-state index is 10.4. The average Bonchev–Trinajstić information content (AvgIpc) is 2.03. The van der Waals surface area contributed by atoms with Gasteiger partial charge in [-0.25, -0.2) is 4.79 Å². The Balaban J connectivity index is 3.35. The zero-order valence-electron chi connectivity index (χ0n) is 6.10. The van der Waals surface area contributed by atoms with E-state index in [0.717, 1.165) is 6.07 Å². The molecule has 1 heterocycles. The molecule has 0 aliphatic heterocycles. The molecule has 68 valence electrons. The lowest BCUT2D eigenvalue weighted by molar-refractivity contribution is -0.389. The quantitative estimate of drug-likeness (QED) is 0.444.